The number of rotatable bonds is 3. The molecule has 0 aromatic rings. The third-order valence-corrected chi connectivity index (χ3v) is 2.11. The van der Waals surface area contributed by atoms with E-state index >= 15 is 0 Å². The molecule has 1 rings (SSSR count). The van der Waals surface area contributed by atoms with E-state index in [2.05, 4.69) is 5.32 Å². The van der Waals surface area contributed by atoms with Crippen LogP contribution in [0.4, 0.5) is 0 Å². The summed E-state index contributed by atoms with van der Waals surface area (Å²) in [6.45, 7) is 2.26. The molecule has 1 heterocycles. The van der Waals surface area contributed by atoms with Crippen LogP contribution < -0.4 is 5.32 Å². The minimum Gasteiger partial charge on any atom is -0.375 e. The van der Waals surface area contributed by atoms with Crippen LogP contribution in [0.15, 0.2) is 0 Å². The van der Waals surface area contributed by atoms with E-state index in [1.165, 1.54) is 0 Å². The fourth-order valence-corrected chi connectivity index (χ4v) is 1.25. The Labute approximate surface area is 79.2 Å². The Morgan fingerprint density at radius 1 is 1.62 bits per heavy atom. The summed E-state index contributed by atoms with van der Waals surface area (Å²) in [6, 6.07) is 0. The van der Waals surface area contributed by atoms with Gasteiger partial charge < -0.3 is 9.64 Å². The van der Waals surface area contributed by atoms with Gasteiger partial charge >= 0.3 is 0 Å². The smallest absolute Gasteiger partial charge is 0.222 e. The van der Waals surface area contributed by atoms with Crippen LogP contribution in [0.2, 0.25) is 0 Å². The highest BCUT2D eigenvalue weighted by molar-refractivity contribution is 5.75. The molecule has 13 heavy (non-hydrogen) atoms. The molecule has 1 unspecified atom stereocenters. The Bertz CT molecular complexity index is 165. The average Bonchev–Trinajstić information content (AvgIpc) is 2.15. The maximum Gasteiger partial charge on any atom is 0.222 e. The van der Waals surface area contributed by atoms with Gasteiger partial charge in [-0.2, -0.15) is 0 Å². The van der Waals surface area contributed by atoms with Crippen molar-refractivity contribution in [3.63, 3.8) is 0 Å². The van der Waals surface area contributed by atoms with Crippen molar-refractivity contribution in [3.8, 4) is 0 Å². The van der Waals surface area contributed by atoms with Gasteiger partial charge in [0.2, 0.25) is 5.91 Å². The topological polar surface area (TPSA) is 43.6 Å². The van der Waals surface area contributed by atoms with Gasteiger partial charge in [-0.15, -0.1) is 0 Å². The van der Waals surface area contributed by atoms with Crippen molar-refractivity contribution in [2.45, 2.75) is 18.9 Å². The van der Waals surface area contributed by atoms with Crippen molar-refractivity contribution in [3.05, 3.63) is 0 Å². The van der Waals surface area contributed by atoms with E-state index in [1.54, 1.807) is 19.0 Å². The lowest BCUT2D eigenvalue weighted by atomic mass is 10.1. The van der Waals surface area contributed by atoms with Gasteiger partial charge in [-0.1, -0.05) is 0 Å². The molecule has 0 saturated carbocycles. The Kier molecular flexibility index (Phi) is 4.18. The summed E-state index contributed by atoms with van der Waals surface area (Å²) in [5, 5.41) is 4.23. The lowest BCUT2D eigenvalue weighted by Crippen LogP contribution is -2.35. The molecule has 0 bridgehead atoms. The molecule has 75 valence electrons. The molecule has 4 nitrogen and oxygen atoms in total. The molecule has 4 heteroatoms. The van der Waals surface area contributed by atoms with Crippen LogP contribution in [0.1, 0.15) is 12.8 Å². The molecule has 1 aliphatic rings. The van der Waals surface area contributed by atoms with Gasteiger partial charge in [0.25, 0.3) is 0 Å². The molecule has 1 atom stereocenters. The van der Waals surface area contributed by atoms with Crippen molar-refractivity contribution < 1.29 is 9.53 Å². The summed E-state index contributed by atoms with van der Waals surface area (Å²) in [5.74, 6) is 0.161. The van der Waals surface area contributed by atoms with Gasteiger partial charge in [-0.3, -0.25) is 4.79 Å². The molecule has 1 amide bonds. The summed E-state index contributed by atoms with van der Waals surface area (Å²) < 4.78 is 5.44. The van der Waals surface area contributed by atoms with Gasteiger partial charge in [0.1, 0.15) is 0 Å². The lowest BCUT2D eigenvalue weighted by Gasteiger charge is -2.22. The monoisotopic (exact) mass is 185 g/mol. The van der Waals surface area contributed by atoms with Crippen molar-refractivity contribution in [1.29, 1.82) is 0 Å². The first-order valence-electron chi connectivity index (χ1n) is 4.65. The predicted molar refractivity (Wildman–Crippen MR) is 49.5 cm³/mol. The van der Waals surface area contributed by atoms with E-state index in [0.29, 0.717) is 13.0 Å². The van der Waals surface area contributed by atoms with Crippen LogP contribution in [0.3, 0.4) is 0 Å². The van der Waals surface area contributed by atoms with E-state index in [4.69, 9.17) is 4.74 Å². The lowest BCUT2D eigenvalue weighted by molar-refractivity contribution is -0.129. The number of carbonyl (C=O) groups is 1. The van der Waals surface area contributed by atoms with Crippen molar-refractivity contribution in [1.82, 2.24) is 10.2 Å². The van der Waals surface area contributed by atoms with Crippen LogP contribution in [0, 0.1) is 0 Å². The van der Waals surface area contributed by atoms with Crippen LogP contribution in [0.25, 0.3) is 0 Å². The summed E-state index contributed by atoms with van der Waals surface area (Å²) in [7, 11) is 3.54. The van der Waals surface area contributed by atoms with Gasteiger partial charge in [0.05, 0.1) is 12.7 Å². The van der Waals surface area contributed by atoms with Crippen LogP contribution >= 0.6 is 0 Å². The van der Waals surface area contributed by atoms with Crippen molar-refractivity contribution in [2.24, 2.45) is 0 Å². The number of hydrogen-bond acceptors (Lipinski definition) is 2. The first-order chi connectivity index (χ1) is 6.20. The first-order valence-corrected chi connectivity index (χ1v) is 4.65. The summed E-state index contributed by atoms with van der Waals surface area (Å²) >= 11 is 0. The second-order valence-electron chi connectivity index (χ2n) is 3.45. The quantitative estimate of drug-likeness (QED) is 0.614. The van der Waals surface area contributed by atoms with Crippen LogP contribution in [-0.4, -0.2) is 50.7 Å². The number of amides is 1. The molecule has 0 aliphatic carbocycles. The molecule has 1 aliphatic heterocycles. The fourth-order valence-electron chi connectivity index (χ4n) is 1.25. The molecule has 1 radical (unpaired) electrons. The Balaban J connectivity index is 2.13. The second kappa shape index (κ2) is 5.19. The van der Waals surface area contributed by atoms with Gasteiger partial charge in [-0.05, 0) is 6.42 Å². The molecule has 0 N–H and O–H groups in total. The third-order valence-electron chi connectivity index (χ3n) is 2.11. The first kappa shape index (κ1) is 10.5. The van der Waals surface area contributed by atoms with E-state index in [-0.39, 0.29) is 12.0 Å². The summed E-state index contributed by atoms with van der Waals surface area (Å²) in [4.78, 5) is 12.8. The van der Waals surface area contributed by atoms with E-state index in [9.17, 15) is 4.79 Å². The predicted octanol–water partition coefficient (Wildman–Crippen LogP) is -0.142. The minimum atomic E-state index is 0.161. The number of carbonyl (C=O) groups excluding carboxylic acids is 1. The zero-order valence-corrected chi connectivity index (χ0v) is 8.32. The molecule has 0 spiro atoms. The van der Waals surface area contributed by atoms with E-state index in [1.807, 2.05) is 0 Å². The maximum atomic E-state index is 11.2. The van der Waals surface area contributed by atoms with Crippen molar-refractivity contribution in [2.75, 3.05) is 33.8 Å². The molecular weight excluding hydrogens is 168 g/mol. The summed E-state index contributed by atoms with van der Waals surface area (Å²) in [6.07, 6.45) is 1.52. The zero-order valence-electron chi connectivity index (χ0n) is 8.32. The SMILES string of the molecule is CN(C)C(=O)CCC1C[N]CCO1. The third kappa shape index (κ3) is 3.74. The van der Waals surface area contributed by atoms with Crippen molar-refractivity contribution >= 4 is 5.91 Å². The number of ether oxygens (including phenoxy) is 1. The second-order valence-corrected chi connectivity index (χ2v) is 3.45. The van der Waals surface area contributed by atoms with Gasteiger partial charge in [0, 0.05) is 33.6 Å². The maximum absolute atomic E-state index is 11.2. The average molecular weight is 185 g/mol. The summed E-state index contributed by atoms with van der Waals surface area (Å²) in [5.41, 5.74) is 0. The highest BCUT2D eigenvalue weighted by Gasteiger charge is 2.15. The Hall–Kier alpha value is -0.610. The Morgan fingerprint density at radius 2 is 2.38 bits per heavy atom. The van der Waals surface area contributed by atoms with Crippen LogP contribution in [0.5, 0.6) is 0 Å². The number of morpholine rings is 1. The van der Waals surface area contributed by atoms with Gasteiger partial charge in [-0.25, -0.2) is 5.32 Å². The highest BCUT2D eigenvalue weighted by Crippen LogP contribution is 2.06. The molecular formula is C9H17N2O2. The zero-order chi connectivity index (χ0) is 9.68. The minimum absolute atomic E-state index is 0.161. The van der Waals surface area contributed by atoms with Crippen LogP contribution in [-0.2, 0) is 9.53 Å². The largest absolute Gasteiger partial charge is 0.375 e. The normalized spacial score (nSPS) is 22.8. The molecule has 0 aromatic carbocycles. The fraction of sp³-hybridized carbons (Fsp3) is 0.889. The Morgan fingerprint density at radius 3 is 2.92 bits per heavy atom. The van der Waals surface area contributed by atoms with Gasteiger partial charge in [0.15, 0.2) is 0 Å². The number of nitrogens with zero attached hydrogens (tertiary/aromatic N) is 2. The molecule has 1 saturated heterocycles. The highest BCUT2D eigenvalue weighted by atomic mass is 16.5. The molecule has 0 aromatic heterocycles. The molecule has 1 fully saturated rings. The van der Waals surface area contributed by atoms with E-state index < -0.39 is 0 Å². The number of hydrogen-bond donors (Lipinski definition) is 0. The van der Waals surface area contributed by atoms with E-state index in [0.717, 1.165) is 19.5 Å². The standard InChI is InChI=1S/C9H17N2O2/c1-11(2)9(12)4-3-8-7-10-5-6-13-8/h8H,3-7H2,1-2H3.